The van der Waals surface area contributed by atoms with E-state index in [1.54, 1.807) is 16.6 Å². The van der Waals surface area contributed by atoms with Crippen LogP contribution in [0.25, 0.3) is 5.65 Å². The average molecular weight is 439 g/mol. The topological polar surface area (TPSA) is 98.6 Å². The van der Waals surface area contributed by atoms with Gasteiger partial charge in [-0.3, -0.25) is 14.5 Å². The van der Waals surface area contributed by atoms with Gasteiger partial charge in [0.2, 0.25) is 5.95 Å². The van der Waals surface area contributed by atoms with E-state index in [1.807, 2.05) is 24.1 Å². The molecule has 1 aliphatic heterocycles. The van der Waals surface area contributed by atoms with Crippen LogP contribution in [0.3, 0.4) is 0 Å². The number of nitrogens with zero attached hydrogens (tertiary/aromatic N) is 5. The van der Waals surface area contributed by atoms with Gasteiger partial charge in [0.15, 0.2) is 0 Å². The number of hydrogen-bond acceptors (Lipinski definition) is 6. The van der Waals surface area contributed by atoms with Crippen molar-refractivity contribution in [1.29, 1.82) is 0 Å². The largest absolute Gasteiger partial charge is 0.365 e. The number of piperazine rings is 1. The summed E-state index contributed by atoms with van der Waals surface area (Å²) in [6.07, 6.45) is 4.47. The molecule has 5 rings (SSSR count). The minimum absolute atomic E-state index is 0.121. The van der Waals surface area contributed by atoms with E-state index >= 15 is 0 Å². The molecular weight excluding hydrogens is 413 g/mol. The number of aryl methyl sites for hydroxylation is 1. The molecule has 0 bridgehead atoms. The van der Waals surface area contributed by atoms with Gasteiger partial charge in [-0.15, -0.1) is 0 Å². The van der Waals surface area contributed by atoms with Crippen LogP contribution in [0.4, 0.5) is 10.1 Å². The zero-order valence-corrected chi connectivity index (χ0v) is 18.0. The molecule has 2 aliphatic rings. The Kier molecular flexibility index (Phi) is 5.38. The Morgan fingerprint density at radius 1 is 1.25 bits per heavy atom. The summed E-state index contributed by atoms with van der Waals surface area (Å²) in [5.41, 5.74) is 2.66. The highest BCUT2D eigenvalue weighted by Gasteiger charge is 2.26. The summed E-state index contributed by atoms with van der Waals surface area (Å²) in [7, 11) is 0. The number of carbonyl (C=O) groups is 1. The number of fused-ring (bicyclic) bond motifs is 1. The molecule has 168 valence electrons. The molecule has 9 nitrogen and oxygen atoms in total. The molecule has 1 saturated heterocycles. The molecule has 10 heteroatoms. The lowest BCUT2D eigenvalue weighted by molar-refractivity contribution is 0.0945. The van der Waals surface area contributed by atoms with Crippen molar-refractivity contribution in [3.05, 3.63) is 57.6 Å². The van der Waals surface area contributed by atoms with Gasteiger partial charge in [0.05, 0.1) is 5.69 Å². The third kappa shape index (κ3) is 4.22. The molecule has 0 spiro atoms. The Morgan fingerprint density at radius 3 is 2.72 bits per heavy atom. The molecular formula is C22H26FN7O2. The number of anilines is 1. The van der Waals surface area contributed by atoms with Gasteiger partial charge in [-0.1, -0.05) is 6.92 Å². The second-order valence-corrected chi connectivity index (χ2v) is 8.45. The second-order valence-electron chi connectivity index (χ2n) is 8.45. The number of aromatic amines is 1. The molecule has 1 aliphatic carbocycles. The lowest BCUT2D eigenvalue weighted by Gasteiger charge is -2.35. The van der Waals surface area contributed by atoms with Crippen molar-refractivity contribution in [2.75, 3.05) is 31.1 Å². The maximum Gasteiger partial charge on any atom is 0.273 e. The maximum atomic E-state index is 14.6. The zero-order valence-electron chi connectivity index (χ0n) is 18.0. The van der Waals surface area contributed by atoms with E-state index in [-0.39, 0.29) is 23.2 Å². The van der Waals surface area contributed by atoms with Gasteiger partial charge in [0, 0.05) is 45.0 Å². The van der Waals surface area contributed by atoms with Crippen molar-refractivity contribution < 1.29 is 9.18 Å². The summed E-state index contributed by atoms with van der Waals surface area (Å²) >= 11 is 0. The van der Waals surface area contributed by atoms with Crippen LogP contribution >= 0.6 is 0 Å². The summed E-state index contributed by atoms with van der Waals surface area (Å²) in [5.74, 6) is -0.924. The van der Waals surface area contributed by atoms with E-state index in [0.29, 0.717) is 36.5 Å². The van der Waals surface area contributed by atoms with Crippen LogP contribution in [0.1, 0.15) is 41.5 Å². The number of nitrogens with one attached hydrogen (secondary N) is 2. The third-order valence-corrected chi connectivity index (χ3v) is 6.02. The number of hydrogen-bond donors (Lipinski definition) is 2. The van der Waals surface area contributed by atoms with Gasteiger partial charge in [-0.25, -0.2) is 9.50 Å². The van der Waals surface area contributed by atoms with Gasteiger partial charge in [-0.2, -0.15) is 9.49 Å². The van der Waals surface area contributed by atoms with E-state index in [9.17, 15) is 14.0 Å². The van der Waals surface area contributed by atoms with Crippen molar-refractivity contribution in [2.24, 2.45) is 0 Å². The number of rotatable bonds is 6. The Bertz CT molecular complexity index is 1210. The Balaban J connectivity index is 1.21. The fraction of sp³-hybridized carbons (Fsp3) is 0.455. The second kappa shape index (κ2) is 8.34. The first-order chi connectivity index (χ1) is 15.5. The van der Waals surface area contributed by atoms with Gasteiger partial charge >= 0.3 is 0 Å². The highest BCUT2D eigenvalue weighted by molar-refractivity contribution is 5.92. The van der Waals surface area contributed by atoms with E-state index in [2.05, 4.69) is 25.3 Å². The fourth-order valence-electron chi connectivity index (χ4n) is 4.04. The predicted octanol–water partition coefficient (Wildman–Crippen LogP) is 1.33. The van der Waals surface area contributed by atoms with E-state index in [1.165, 1.54) is 0 Å². The minimum Gasteiger partial charge on any atom is -0.365 e. The van der Waals surface area contributed by atoms with Crippen molar-refractivity contribution in [2.45, 2.75) is 38.8 Å². The molecule has 2 fully saturated rings. The summed E-state index contributed by atoms with van der Waals surface area (Å²) in [5, 5.41) is 7.21. The van der Waals surface area contributed by atoms with Crippen molar-refractivity contribution in [3.8, 4) is 0 Å². The summed E-state index contributed by atoms with van der Waals surface area (Å²) in [6.45, 7) is 5.48. The Labute approximate surface area is 184 Å². The lowest BCUT2D eigenvalue weighted by atomic mass is 10.2. The molecule has 3 aromatic heterocycles. The molecule has 0 aromatic carbocycles. The summed E-state index contributed by atoms with van der Waals surface area (Å²) in [6, 6.07) is 5.39. The smallest absolute Gasteiger partial charge is 0.273 e. The predicted molar refractivity (Wildman–Crippen MR) is 117 cm³/mol. The lowest BCUT2D eigenvalue weighted by Crippen LogP contribution is -2.46. The van der Waals surface area contributed by atoms with Crippen molar-refractivity contribution in [1.82, 2.24) is 29.8 Å². The average Bonchev–Trinajstić information content (AvgIpc) is 3.51. The molecule has 32 heavy (non-hydrogen) atoms. The SMILES string of the molecule is CCc1nn2cc(CN3CCN(c4ccc(C(=O)NC5CC5)nc4F)CC3)cc2[nH]c1=O. The van der Waals surface area contributed by atoms with Crippen LogP contribution in [-0.2, 0) is 13.0 Å². The number of carbonyl (C=O) groups excluding carboxylic acids is 1. The Morgan fingerprint density at radius 2 is 2.03 bits per heavy atom. The first-order valence-electron chi connectivity index (χ1n) is 11.1. The number of aromatic nitrogens is 4. The molecule has 2 N–H and O–H groups in total. The number of halogens is 1. The third-order valence-electron chi connectivity index (χ3n) is 6.02. The highest BCUT2D eigenvalue weighted by Crippen LogP contribution is 2.22. The van der Waals surface area contributed by atoms with E-state index in [0.717, 1.165) is 38.0 Å². The fourth-order valence-corrected chi connectivity index (χ4v) is 4.04. The van der Waals surface area contributed by atoms with Crippen LogP contribution in [0.15, 0.2) is 29.2 Å². The number of H-pyrrole nitrogens is 1. The molecule has 0 atom stereocenters. The molecule has 3 aromatic rings. The quantitative estimate of drug-likeness (QED) is 0.563. The van der Waals surface area contributed by atoms with Gasteiger partial charge < -0.3 is 15.2 Å². The molecule has 1 amide bonds. The molecule has 0 unspecified atom stereocenters. The summed E-state index contributed by atoms with van der Waals surface area (Å²) in [4.78, 5) is 35.1. The summed E-state index contributed by atoms with van der Waals surface area (Å²) < 4.78 is 16.3. The molecule has 1 saturated carbocycles. The van der Waals surface area contributed by atoms with E-state index < -0.39 is 5.95 Å². The van der Waals surface area contributed by atoms with Crippen LogP contribution in [0.5, 0.6) is 0 Å². The minimum atomic E-state index is -0.609. The van der Waals surface area contributed by atoms with Gasteiger partial charge in [-0.05, 0) is 43.0 Å². The number of amides is 1. The van der Waals surface area contributed by atoms with E-state index in [4.69, 9.17) is 0 Å². The zero-order chi connectivity index (χ0) is 22.2. The first kappa shape index (κ1) is 20.6. The van der Waals surface area contributed by atoms with Crippen molar-refractivity contribution in [3.63, 3.8) is 0 Å². The molecule has 0 radical (unpaired) electrons. The van der Waals surface area contributed by atoms with Crippen LogP contribution < -0.4 is 15.8 Å². The van der Waals surface area contributed by atoms with Crippen LogP contribution in [0.2, 0.25) is 0 Å². The Hall–Kier alpha value is -3.27. The first-order valence-corrected chi connectivity index (χ1v) is 11.1. The normalized spacial score (nSPS) is 17.1. The van der Waals surface area contributed by atoms with Gasteiger partial charge in [0.1, 0.15) is 17.0 Å². The monoisotopic (exact) mass is 439 g/mol. The molecule has 4 heterocycles. The highest BCUT2D eigenvalue weighted by atomic mass is 19.1. The standard InChI is InChI=1S/C22H26FN7O2/c1-2-16-21(31)26-19-11-14(13-30(19)27-16)12-28-7-9-29(10-8-28)18-6-5-17(25-20(18)23)22(32)24-15-3-4-15/h5-6,11,13,15H,2-4,7-10,12H2,1H3,(H,24,32)(H,26,31). The number of pyridine rings is 1. The maximum absolute atomic E-state index is 14.6. The van der Waals surface area contributed by atoms with Crippen molar-refractivity contribution >= 4 is 17.2 Å². The van der Waals surface area contributed by atoms with Crippen LogP contribution in [0, 0.1) is 5.95 Å². The van der Waals surface area contributed by atoms with Crippen LogP contribution in [-0.4, -0.2) is 62.6 Å². The van der Waals surface area contributed by atoms with Gasteiger partial charge in [0.25, 0.3) is 11.5 Å².